The SMILES string of the molecule is [C-]#[N+]c1cc(C#N)cc(C#N)c1-c1ccc2c(c1)c1ccccc1n2-c1c(-c2cccc(-n3c4ccccc4c4ccccc43)c2)cc(-c2nc(-c3ccccc3)cc(-c3ccccc3)n2)cc1-c1cccc(-n2c3ccccc3c3ccccc32)c1. The van der Waals surface area contributed by atoms with E-state index in [-0.39, 0.29) is 16.8 Å². The standard InChI is InChI=1S/C79H46N8/c1-82-70-41-50(48-80)40-57(49-81)77(70)55-38-39-76-67(44-55)64-32-12-17-37-75(64)87(76)78-65(53-24-18-26-58(42-53)85-71-33-13-8-28-60(71)61-29-9-14-34-72(61)85)45-56(79-83-68(51-20-4-2-5-21-51)47-69(84-79)52-22-6-3-7-23-52)46-66(78)54-25-19-27-59(43-54)86-73-35-15-10-30-62(73)63-31-11-16-36-74(63)86/h2-47H. The first-order valence-corrected chi connectivity index (χ1v) is 28.8. The Kier molecular flexibility index (Phi) is 11.8. The van der Waals surface area contributed by atoms with Crippen LogP contribution in [0.5, 0.6) is 0 Å². The fourth-order valence-electron chi connectivity index (χ4n) is 13.1. The molecule has 0 saturated carbocycles. The van der Waals surface area contributed by atoms with E-state index in [9.17, 15) is 10.5 Å². The van der Waals surface area contributed by atoms with Crippen molar-refractivity contribution in [1.29, 1.82) is 10.5 Å². The molecule has 0 aliphatic carbocycles. The molecule has 402 valence electrons. The van der Waals surface area contributed by atoms with E-state index in [0.717, 1.165) is 111 Å². The topological polar surface area (TPSA) is 92.5 Å². The van der Waals surface area contributed by atoms with Gasteiger partial charge in [0.2, 0.25) is 0 Å². The fourth-order valence-corrected chi connectivity index (χ4v) is 13.1. The van der Waals surface area contributed by atoms with E-state index in [1.165, 1.54) is 21.5 Å². The molecule has 8 heteroatoms. The van der Waals surface area contributed by atoms with E-state index < -0.39 is 0 Å². The summed E-state index contributed by atoms with van der Waals surface area (Å²) in [5, 5.41) is 27.1. The molecule has 12 aromatic carbocycles. The summed E-state index contributed by atoms with van der Waals surface area (Å²) in [6, 6.07) is 102. The molecule has 0 bridgehead atoms. The van der Waals surface area contributed by atoms with Crippen LogP contribution in [0.15, 0.2) is 279 Å². The zero-order chi connectivity index (χ0) is 58.1. The normalized spacial score (nSPS) is 11.4. The number of aromatic nitrogens is 5. The lowest BCUT2D eigenvalue weighted by Gasteiger charge is -2.22. The van der Waals surface area contributed by atoms with Gasteiger partial charge in [0.1, 0.15) is 0 Å². The van der Waals surface area contributed by atoms with Crippen molar-refractivity contribution in [3.63, 3.8) is 0 Å². The Bertz CT molecular complexity index is 5250. The van der Waals surface area contributed by atoms with Gasteiger partial charge in [-0.2, -0.15) is 10.5 Å². The van der Waals surface area contributed by atoms with Crippen LogP contribution in [0, 0.1) is 29.2 Å². The van der Waals surface area contributed by atoms with Crippen molar-refractivity contribution in [2.45, 2.75) is 0 Å². The van der Waals surface area contributed by atoms with Crippen LogP contribution in [0.3, 0.4) is 0 Å². The molecule has 16 rings (SSSR count). The van der Waals surface area contributed by atoms with Crippen LogP contribution in [-0.2, 0) is 0 Å². The van der Waals surface area contributed by atoms with Crippen LogP contribution in [0.25, 0.3) is 155 Å². The number of hydrogen-bond donors (Lipinski definition) is 0. The van der Waals surface area contributed by atoms with Crippen LogP contribution in [0.2, 0.25) is 0 Å². The van der Waals surface area contributed by atoms with Crippen molar-refractivity contribution in [3.8, 4) is 96.5 Å². The van der Waals surface area contributed by atoms with Gasteiger partial charge in [0.05, 0.1) is 74.4 Å². The minimum absolute atomic E-state index is 0.245. The molecule has 8 nitrogen and oxygen atoms in total. The Morgan fingerprint density at radius 1 is 0.333 bits per heavy atom. The number of hydrogen-bond acceptors (Lipinski definition) is 4. The average Bonchev–Trinajstić information content (AvgIpc) is 1.76. The molecule has 4 aromatic heterocycles. The van der Waals surface area contributed by atoms with E-state index in [1.807, 2.05) is 42.5 Å². The number of para-hydroxylation sites is 5. The van der Waals surface area contributed by atoms with Gasteiger partial charge < -0.3 is 13.7 Å². The summed E-state index contributed by atoms with van der Waals surface area (Å²) in [6.07, 6.45) is 0. The molecule has 16 aromatic rings. The number of nitriles is 2. The number of benzene rings is 12. The quantitative estimate of drug-likeness (QED) is 0.135. The van der Waals surface area contributed by atoms with Gasteiger partial charge >= 0.3 is 0 Å². The molecule has 0 aliphatic heterocycles. The molecule has 0 aliphatic rings. The van der Waals surface area contributed by atoms with Crippen LogP contribution in [-0.4, -0.2) is 23.7 Å². The summed E-state index contributed by atoms with van der Waals surface area (Å²) in [5.41, 5.74) is 19.4. The Hall–Kier alpha value is -12.4. The lowest BCUT2D eigenvalue weighted by molar-refractivity contribution is 1.16. The van der Waals surface area contributed by atoms with Gasteiger partial charge in [-0.15, -0.1) is 0 Å². The zero-order valence-corrected chi connectivity index (χ0v) is 46.6. The summed E-state index contributed by atoms with van der Waals surface area (Å²) in [4.78, 5) is 14.9. The van der Waals surface area contributed by atoms with Crippen molar-refractivity contribution in [3.05, 3.63) is 302 Å². The van der Waals surface area contributed by atoms with Gasteiger partial charge in [-0.3, -0.25) is 0 Å². The fraction of sp³-hybridized carbons (Fsp3) is 0. The Labute approximate surface area is 500 Å². The Balaban J connectivity index is 1.04. The van der Waals surface area contributed by atoms with Crippen LogP contribution in [0.1, 0.15) is 11.1 Å². The van der Waals surface area contributed by atoms with Gasteiger partial charge in [0.25, 0.3) is 0 Å². The van der Waals surface area contributed by atoms with Crippen LogP contribution in [0.4, 0.5) is 5.69 Å². The molecule has 0 amide bonds. The number of nitrogens with zero attached hydrogens (tertiary/aromatic N) is 8. The second kappa shape index (κ2) is 20.5. The predicted molar refractivity (Wildman–Crippen MR) is 353 cm³/mol. The van der Waals surface area contributed by atoms with Crippen molar-refractivity contribution in [2.24, 2.45) is 0 Å². The maximum atomic E-state index is 10.6. The third kappa shape index (κ3) is 8.27. The maximum absolute atomic E-state index is 10.6. The highest BCUT2D eigenvalue weighted by atomic mass is 15.0. The van der Waals surface area contributed by atoms with Crippen LogP contribution < -0.4 is 0 Å². The molecule has 0 spiro atoms. The Morgan fingerprint density at radius 2 is 0.759 bits per heavy atom. The highest BCUT2D eigenvalue weighted by molar-refractivity contribution is 6.14. The van der Waals surface area contributed by atoms with Crippen molar-refractivity contribution in [2.75, 3.05) is 0 Å². The van der Waals surface area contributed by atoms with Gasteiger partial charge in [-0.05, 0) is 114 Å². The summed E-state index contributed by atoms with van der Waals surface area (Å²) in [5.74, 6) is 0.569. The summed E-state index contributed by atoms with van der Waals surface area (Å²) < 4.78 is 7.12. The number of fused-ring (bicyclic) bond motifs is 9. The second-order valence-electron chi connectivity index (χ2n) is 21.8. The molecular formula is C79H46N8. The summed E-state index contributed by atoms with van der Waals surface area (Å²) >= 11 is 0. The first-order valence-electron chi connectivity index (χ1n) is 28.8. The lowest BCUT2D eigenvalue weighted by atomic mass is 9.91. The smallest absolute Gasteiger partial charge is 0.197 e. The summed E-state index contributed by atoms with van der Waals surface area (Å²) in [6.45, 7) is 8.26. The molecule has 0 unspecified atom stereocenters. The van der Waals surface area contributed by atoms with Crippen molar-refractivity contribution >= 4 is 71.1 Å². The third-order valence-electron chi connectivity index (χ3n) is 16.9. The monoisotopic (exact) mass is 1110 g/mol. The number of rotatable bonds is 9. The summed E-state index contributed by atoms with van der Waals surface area (Å²) in [7, 11) is 0. The van der Waals surface area contributed by atoms with Crippen LogP contribution >= 0.6 is 0 Å². The first kappa shape index (κ1) is 50.3. The van der Waals surface area contributed by atoms with E-state index in [0.29, 0.717) is 17.0 Å². The molecular weight excluding hydrogens is 1060 g/mol. The molecule has 87 heavy (non-hydrogen) atoms. The lowest BCUT2D eigenvalue weighted by Crippen LogP contribution is -2.04. The largest absolute Gasteiger partial charge is 0.309 e. The highest BCUT2D eigenvalue weighted by Gasteiger charge is 2.26. The van der Waals surface area contributed by atoms with Gasteiger partial charge in [-0.1, -0.05) is 182 Å². The Morgan fingerprint density at radius 3 is 1.22 bits per heavy atom. The molecule has 0 radical (unpaired) electrons. The van der Waals surface area contributed by atoms with Crippen molar-refractivity contribution < 1.29 is 0 Å². The minimum Gasteiger partial charge on any atom is -0.309 e. The van der Waals surface area contributed by atoms with Gasteiger partial charge in [0, 0.05) is 82.6 Å². The van der Waals surface area contributed by atoms with E-state index in [1.54, 1.807) is 12.1 Å². The predicted octanol–water partition coefficient (Wildman–Crippen LogP) is 20.1. The van der Waals surface area contributed by atoms with E-state index in [4.69, 9.17) is 16.5 Å². The second-order valence-corrected chi connectivity index (χ2v) is 21.8. The molecule has 0 saturated heterocycles. The maximum Gasteiger partial charge on any atom is 0.197 e. The highest BCUT2D eigenvalue weighted by Crippen LogP contribution is 2.47. The van der Waals surface area contributed by atoms with Gasteiger partial charge in [0.15, 0.2) is 11.5 Å². The minimum atomic E-state index is 0.245. The zero-order valence-electron chi connectivity index (χ0n) is 46.6. The first-order chi connectivity index (χ1) is 43.0. The van der Waals surface area contributed by atoms with Crippen molar-refractivity contribution in [1.82, 2.24) is 23.7 Å². The van der Waals surface area contributed by atoms with Gasteiger partial charge in [-0.25, -0.2) is 14.8 Å². The molecule has 4 heterocycles. The van der Waals surface area contributed by atoms with E-state index >= 15 is 0 Å². The van der Waals surface area contributed by atoms with E-state index in [2.05, 4.69) is 255 Å². The molecule has 0 atom stereocenters. The molecule has 0 fully saturated rings. The molecule has 0 N–H and O–H groups in total. The average molecular weight is 1110 g/mol. The third-order valence-corrected chi connectivity index (χ3v) is 16.9.